The van der Waals surface area contributed by atoms with Gasteiger partial charge in [-0.2, -0.15) is 0 Å². The number of quaternary nitrogens is 1. The van der Waals surface area contributed by atoms with Crippen LogP contribution in [-0.2, 0) is 0 Å². The van der Waals surface area contributed by atoms with Crippen LogP contribution in [0.15, 0.2) is 25.3 Å². The molecule has 0 saturated heterocycles. The van der Waals surface area contributed by atoms with E-state index >= 15 is 0 Å². The predicted molar refractivity (Wildman–Crippen MR) is 79.0 cm³/mol. The second-order valence-corrected chi connectivity index (χ2v) is 6.10. The first-order valence-corrected chi connectivity index (χ1v) is 7.02. The summed E-state index contributed by atoms with van der Waals surface area (Å²) in [5.74, 6) is 1.56. The molecule has 0 N–H and O–H groups in total. The normalized spacial score (nSPS) is 11.4. The summed E-state index contributed by atoms with van der Waals surface area (Å²) in [7, 11) is 0. The molecule has 2 heteroatoms. The molecule has 1 nitrogen and oxygen atoms in total. The van der Waals surface area contributed by atoms with Crippen molar-refractivity contribution in [2.75, 3.05) is 26.2 Å². The third-order valence-electron chi connectivity index (χ3n) is 3.39. The summed E-state index contributed by atoms with van der Waals surface area (Å²) >= 11 is 0. The van der Waals surface area contributed by atoms with Crippen LogP contribution in [0.25, 0.3) is 0 Å². The first kappa shape index (κ1) is 20.1. The molecule has 18 heavy (non-hydrogen) atoms. The number of halogens is 1. The molecule has 0 aliphatic rings. The van der Waals surface area contributed by atoms with E-state index < -0.39 is 0 Å². The highest BCUT2D eigenvalue weighted by Crippen LogP contribution is 2.16. The van der Waals surface area contributed by atoms with Crippen molar-refractivity contribution in [2.24, 2.45) is 11.8 Å². The van der Waals surface area contributed by atoms with Crippen LogP contribution >= 0.6 is 0 Å². The summed E-state index contributed by atoms with van der Waals surface area (Å²) in [6.07, 6.45) is 6.73. The molecule has 0 spiro atoms. The van der Waals surface area contributed by atoms with E-state index in [4.69, 9.17) is 0 Å². The minimum Gasteiger partial charge on any atom is -1.00 e. The number of hydrogen-bond donors (Lipinski definition) is 0. The third kappa shape index (κ3) is 8.77. The highest BCUT2D eigenvalue weighted by atomic mass is 35.5. The van der Waals surface area contributed by atoms with Gasteiger partial charge in [-0.15, -0.1) is 0 Å². The fourth-order valence-corrected chi connectivity index (χ4v) is 2.16. The van der Waals surface area contributed by atoms with Gasteiger partial charge < -0.3 is 16.9 Å². The van der Waals surface area contributed by atoms with Crippen molar-refractivity contribution in [1.29, 1.82) is 0 Å². The maximum absolute atomic E-state index is 3.93. The Bertz CT molecular complexity index is 197. The van der Waals surface area contributed by atoms with Gasteiger partial charge in [0.25, 0.3) is 0 Å². The number of nitrogens with zero attached hydrogens (tertiary/aromatic N) is 1. The lowest BCUT2D eigenvalue weighted by atomic mass is 10.1. The van der Waals surface area contributed by atoms with Crippen molar-refractivity contribution in [3.8, 4) is 0 Å². The molecule has 0 aromatic carbocycles. The molecular formula is C16H32ClN. The Hall–Kier alpha value is -0.270. The second-order valence-electron chi connectivity index (χ2n) is 6.10. The van der Waals surface area contributed by atoms with Gasteiger partial charge in [0.1, 0.15) is 0 Å². The average Bonchev–Trinajstić information content (AvgIpc) is 2.24. The van der Waals surface area contributed by atoms with E-state index in [1.807, 2.05) is 0 Å². The van der Waals surface area contributed by atoms with E-state index in [0.29, 0.717) is 0 Å². The van der Waals surface area contributed by atoms with Crippen molar-refractivity contribution < 1.29 is 16.9 Å². The first-order chi connectivity index (χ1) is 7.95. The van der Waals surface area contributed by atoms with Crippen LogP contribution in [0.2, 0.25) is 0 Å². The Morgan fingerprint density at radius 1 is 0.833 bits per heavy atom. The largest absolute Gasteiger partial charge is 1.00 e. The number of rotatable bonds is 10. The van der Waals surface area contributed by atoms with Crippen molar-refractivity contribution in [3.63, 3.8) is 0 Å². The smallest absolute Gasteiger partial charge is 0.0973 e. The van der Waals surface area contributed by atoms with Gasteiger partial charge in [-0.25, -0.2) is 0 Å². The molecule has 0 radical (unpaired) electrons. The Balaban J connectivity index is 0. The molecule has 0 aliphatic carbocycles. The highest BCUT2D eigenvalue weighted by Gasteiger charge is 2.24. The molecule has 0 aliphatic heterocycles. The van der Waals surface area contributed by atoms with Crippen molar-refractivity contribution in [1.82, 2.24) is 0 Å². The van der Waals surface area contributed by atoms with Gasteiger partial charge >= 0.3 is 0 Å². The molecular weight excluding hydrogens is 242 g/mol. The topological polar surface area (TPSA) is 0 Å². The minimum absolute atomic E-state index is 0. The van der Waals surface area contributed by atoms with E-state index in [-0.39, 0.29) is 12.4 Å². The van der Waals surface area contributed by atoms with Gasteiger partial charge in [-0.3, -0.25) is 0 Å². The summed E-state index contributed by atoms with van der Waals surface area (Å²) in [4.78, 5) is 0. The lowest BCUT2D eigenvalue weighted by Gasteiger charge is -2.38. The van der Waals surface area contributed by atoms with Gasteiger partial charge in [0, 0.05) is 0 Å². The van der Waals surface area contributed by atoms with Crippen LogP contribution in [0.3, 0.4) is 0 Å². The summed E-state index contributed by atoms with van der Waals surface area (Å²) in [5, 5.41) is 0. The van der Waals surface area contributed by atoms with Crippen LogP contribution in [-0.4, -0.2) is 30.7 Å². The minimum atomic E-state index is 0. The molecule has 0 amide bonds. The summed E-state index contributed by atoms with van der Waals surface area (Å²) in [6.45, 7) is 21.7. The summed E-state index contributed by atoms with van der Waals surface area (Å²) in [6, 6.07) is 0. The predicted octanol–water partition coefficient (Wildman–Crippen LogP) is 1.27. The van der Waals surface area contributed by atoms with Gasteiger partial charge in [0.2, 0.25) is 0 Å². The molecule has 0 aromatic rings. The zero-order valence-corrected chi connectivity index (χ0v) is 13.5. The van der Waals surface area contributed by atoms with Crippen LogP contribution in [0.5, 0.6) is 0 Å². The van der Waals surface area contributed by atoms with Crippen LogP contribution in [0.4, 0.5) is 0 Å². The molecule has 108 valence electrons. The highest BCUT2D eigenvalue weighted by molar-refractivity contribution is 4.72. The Morgan fingerprint density at radius 3 is 1.39 bits per heavy atom. The standard InChI is InChI=1S/C16H32N.ClH/c1-7-11-17(12-8-2,13-9-15(3)4)14-10-16(5)6;/h7-8,15-16H,1-2,9-14H2,3-6H3;1H/q+1;/p-1. The Labute approximate surface area is 121 Å². The van der Waals surface area contributed by atoms with E-state index in [9.17, 15) is 0 Å². The van der Waals surface area contributed by atoms with Crippen LogP contribution in [0.1, 0.15) is 40.5 Å². The molecule has 0 heterocycles. The van der Waals surface area contributed by atoms with Crippen LogP contribution < -0.4 is 12.4 Å². The van der Waals surface area contributed by atoms with Gasteiger partial charge in [-0.05, 0) is 36.8 Å². The summed E-state index contributed by atoms with van der Waals surface area (Å²) in [5.41, 5.74) is 0. The Morgan fingerprint density at radius 2 is 1.17 bits per heavy atom. The van der Waals surface area contributed by atoms with Gasteiger partial charge in [-0.1, -0.05) is 40.9 Å². The van der Waals surface area contributed by atoms with E-state index in [1.54, 1.807) is 0 Å². The molecule has 0 rings (SSSR count). The third-order valence-corrected chi connectivity index (χ3v) is 3.39. The van der Waals surface area contributed by atoms with Crippen molar-refractivity contribution in [3.05, 3.63) is 25.3 Å². The maximum atomic E-state index is 3.93. The lowest BCUT2D eigenvalue weighted by Crippen LogP contribution is -3.00. The SMILES string of the molecule is C=CC[N+](CC=C)(CCC(C)C)CCC(C)C.[Cl-]. The van der Waals surface area contributed by atoms with Gasteiger partial charge in [0.05, 0.1) is 26.2 Å². The van der Waals surface area contributed by atoms with E-state index in [0.717, 1.165) is 29.4 Å². The molecule has 0 aromatic heterocycles. The van der Waals surface area contributed by atoms with Gasteiger partial charge in [0.15, 0.2) is 0 Å². The van der Waals surface area contributed by atoms with Crippen molar-refractivity contribution >= 4 is 0 Å². The molecule has 0 saturated carbocycles. The fourth-order valence-electron chi connectivity index (χ4n) is 2.16. The molecule has 0 unspecified atom stereocenters. The van der Waals surface area contributed by atoms with E-state index in [1.165, 1.54) is 25.9 Å². The summed E-state index contributed by atoms with van der Waals surface area (Å²) < 4.78 is 1.14. The van der Waals surface area contributed by atoms with Crippen LogP contribution in [0, 0.1) is 11.8 Å². The van der Waals surface area contributed by atoms with Crippen molar-refractivity contribution in [2.45, 2.75) is 40.5 Å². The second kappa shape index (κ2) is 10.6. The first-order valence-electron chi connectivity index (χ1n) is 7.02. The zero-order valence-electron chi connectivity index (χ0n) is 12.8. The molecule has 0 fully saturated rings. The quantitative estimate of drug-likeness (QED) is 0.415. The zero-order chi connectivity index (χ0) is 13.3. The maximum Gasteiger partial charge on any atom is 0.0973 e. The van der Waals surface area contributed by atoms with E-state index in [2.05, 4.69) is 53.0 Å². The Kier molecular flexibility index (Phi) is 11.8. The number of hydrogen-bond acceptors (Lipinski definition) is 0. The lowest BCUT2D eigenvalue weighted by molar-refractivity contribution is -0.918. The average molecular weight is 274 g/mol. The molecule has 0 atom stereocenters. The monoisotopic (exact) mass is 273 g/mol. The fraction of sp³-hybridized carbons (Fsp3) is 0.750. The molecule has 0 bridgehead atoms.